The number of aromatic carboxylic acids is 1. The standard InChI is InChI=1S/C21H17NO5/c23-17-8-6-15(7-9-17)14-2-4-16(5-3-14)20(25)22-12-13-1-10-19(24)18(11-13)21(26)27/h1-11,23-24H,12H2,(H,22,25)(H,26,27). The van der Waals surface area contributed by atoms with Crippen molar-refractivity contribution < 1.29 is 24.9 Å². The van der Waals surface area contributed by atoms with Gasteiger partial charge in [0.05, 0.1) is 0 Å². The van der Waals surface area contributed by atoms with Crippen molar-refractivity contribution in [2.75, 3.05) is 0 Å². The molecule has 0 radical (unpaired) electrons. The maximum absolute atomic E-state index is 12.3. The number of hydrogen-bond acceptors (Lipinski definition) is 4. The predicted molar refractivity (Wildman–Crippen MR) is 99.8 cm³/mol. The fourth-order valence-electron chi connectivity index (χ4n) is 2.62. The van der Waals surface area contributed by atoms with Gasteiger partial charge < -0.3 is 20.6 Å². The number of amides is 1. The summed E-state index contributed by atoms with van der Waals surface area (Å²) in [7, 11) is 0. The minimum absolute atomic E-state index is 0.138. The van der Waals surface area contributed by atoms with Crippen molar-refractivity contribution in [1.29, 1.82) is 0 Å². The van der Waals surface area contributed by atoms with Crippen LogP contribution in [-0.4, -0.2) is 27.2 Å². The summed E-state index contributed by atoms with van der Waals surface area (Å²) in [6.07, 6.45) is 0. The second kappa shape index (κ2) is 7.61. The molecule has 0 bridgehead atoms. The van der Waals surface area contributed by atoms with Crippen molar-refractivity contribution in [3.8, 4) is 22.6 Å². The summed E-state index contributed by atoms with van der Waals surface area (Å²) in [6.45, 7) is 0.138. The molecule has 0 aliphatic rings. The predicted octanol–water partition coefficient (Wildman–Crippen LogP) is 3.39. The van der Waals surface area contributed by atoms with Gasteiger partial charge in [-0.3, -0.25) is 4.79 Å². The highest BCUT2D eigenvalue weighted by atomic mass is 16.4. The Kier molecular flexibility index (Phi) is 5.08. The quantitative estimate of drug-likeness (QED) is 0.556. The van der Waals surface area contributed by atoms with Crippen LogP contribution in [0.25, 0.3) is 11.1 Å². The zero-order valence-electron chi connectivity index (χ0n) is 14.2. The number of aromatic hydroxyl groups is 2. The van der Waals surface area contributed by atoms with Crippen LogP contribution in [0.1, 0.15) is 26.3 Å². The van der Waals surface area contributed by atoms with Crippen LogP contribution in [0.4, 0.5) is 0 Å². The lowest BCUT2D eigenvalue weighted by Crippen LogP contribution is -2.22. The number of nitrogens with one attached hydrogen (secondary N) is 1. The van der Waals surface area contributed by atoms with Crippen molar-refractivity contribution in [1.82, 2.24) is 5.32 Å². The van der Waals surface area contributed by atoms with Crippen LogP contribution < -0.4 is 5.32 Å². The molecular formula is C21H17NO5. The Labute approximate surface area is 155 Å². The Morgan fingerprint density at radius 2 is 1.41 bits per heavy atom. The molecule has 0 fully saturated rings. The summed E-state index contributed by atoms with van der Waals surface area (Å²) in [5.41, 5.74) is 2.66. The number of carbonyl (C=O) groups excluding carboxylic acids is 1. The third-order valence-electron chi connectivity index (χ3n) is 4.09. The van der Waals surface area contributed by atoms with Gasteiger partial charge in [-0.05, 0) is 53.1 Å². The molecule has 6 heteroatoms. The van der Waals surface area contributed by atoms with Crippen molar-refractivity contribution in [2.45, 2.75) is 6.54 Å². The van der Waals surface area contributed by atoms with E-state index in [1.165, 1.54) is 12.1 Å². The molecule has 1 amide bonds. The Morgan fingerprint density at radius 3 is 2.00 bits per heavy atom. The van der Waals surface area contributed by atoms with Crippen molar-refractivity contribution in [3.05, 3.63) is 83.4 Å². The lowest BCUT2D eigenvalue weighted by Gasteiger charge is -2.08. The highest BCUT2D eigenvalue weighted by Crippen LogP contribution is 2.22. The van der Waals surface area contributed by atoms with Crippen molar-refractivity contribution >= 4 is 11.9 Å². The van der Waals surface area contributed by atoms with Crippen LogP contribution >= 0.6 is 0 Å². The van der Waals surface area contributed by atoms with E-state index >= 15 is 0 Å². The van der Waals surface area contributed by atoms with Gasteiger partial charge in [0.25, 0.3) is 5.91 Å². The fourth-order valence-corrected chi connectivity index (χ4v) is 2.62. The molecule has 0 unspecified atom stereocenters. The first kappa shape index (κ1) is 18.0. The summed E-state index contributed by atoms with van der Waals surface area (Å²) in [5.74, 6) is -1.65. The normalized spacial score (nSPS) is 10.4. The third-order valence-corrected chi connectivity index (χ3v) is 4.09. The first-order chi connectivity index (χ1) is 12.9. The second-order valence-corrected chi connectivity index (χ2v) is 5.96. The average molecular weight is 363 g/mol. The molecule has 0 saturated heterocycles. The van der Waals surface area contributed by atoms with E-state index in [4.69, 9.17) is 5.11 Å². The third kappa shape index (κ3) is 4.24. The number of benzene rings is 3. The van der Waals surface area contributed by atoms with Gasteiger partial charge in [0, 0.05) is 12.1 Å². The summed E-state index contributed by atoms with van der Waals surface area (Å²) in [4.78, 5) is 23.3. The maximum Gasteiger partial charge on any atom is 0.339 e. The van der Waals surface area contributed by atoms with Gasteiger partial charge in [-0.1, -0.05) is 30.3 Å². The number of hydrogen-bond donors (Lipinski definition) is 4. The van der Waals surface area contributed by atoms with E-state index in [2.05, 4.69) is 5.32 Å². The zero-order valence-corrected chi connectivity index (χ0v) is 14.2. The van der Waals surface area contributed by atoms with Gasteiger partial charge in [-0.15, -0.1) is 0 Å². The molecule has 0 atom stereocenters. The average Bonchev–Trinajstić information content (AvgIpc) is 2.67. The molecule has 4 N–H and O–H groups in total. The number of carboxylic acids is 1. The lowest BCUT2D eigenvalue weighted by molar-refractivity contribution is 0.0693. The molecule has 0 saturated carbocycles. The Balaban J connectivity index is 1.67. The molecule has 0 aliphatic carbocycles. The van der Waals surface area contributed by atoms with Gasteiger partial charge in [0.15, 0.2) is 0 Å². The summed E-state index contributed by atoms with van der Waals surface area (Å²) >= 11 is 0. The van der Waals surface area contributed by atoms with Crippen LogP contribution in [0.5, 0.6) is 11.5 Å². The maximum atomic E-state index is 12.3. The fraction of sp³-hybridized carbons (Fsp3) is 0.0476. The van der Waals surface area contributed by atoms with Gasteiger partial charge in [0.2, 0.25) is 0 Å². The second-order valence-electron chi connectivity index (χ2n) is 5.96. The van der Waals surface area contributed by atoms with Crippen molar-refractivity contribution in [2.24, 2.45) is 0 Å². The topological polar surface area (TPSA) is 107 Å². The summed E-state index contributed by atoms with van der Waals surface area (Å²) in [6, 6.07) is 17.9. The van der Waals surface area contributed by atoms with Crippen LogP contribution in [0.3, 0.4) is 0 Å². The van der Waals surface area contributed by atoms with E-state index < -0.39 is 5.97 Å². The molecule has 3 rings (SSSR count). The molecule has 3 aromatic carbocycles. The van der Waals surface area contributed by atoms with E-state index in [0.29, 0.717) is 11.1 Å². The van der Waals surface area contributed by atoms with E-state index in [1.54, 1.807) is 42.5 Å². The van der Waals surface area contributed by atoms with Gasteiger partial charge in [-0.2, -0.15) is 0 Å². The van der Waals surface area contributed by atoms with Gasteiger partial charge in [0.1, 0.15) is 17.1 Å². The molecule has 6 nitrogen and oxygen atoms in total. The van der Waals surface area contributed by atoms with E-state index in [0.717, 1.165) is 11.1 Å². The number of phenolic OH excluding ortho intramolecular Hbond substituents is 1. The highest BCUT2D eigenvalue weighted by Gasteiger charge is 2.11. The lowest BCUT2D eigenvalue weighted by atomic mass is 10.0. The van der Waals surface area contributed by atoms with E-state index in [1.807, 2.05) is 12.1 Å². The minimum Gasteiger partial charge on any atom is -0.508 e. The number of carbonyl (C=O) groups is 2. The molecular weight excluding hydrogens is 346 g/mol. The SMILES string of the molecule is O=C(NCc1ccc(O)c(C(=O)O)c1)c1ccc(-c2ccc(O)cc2)cc1. The van der Waals surface area contributed by atoms with E-state index in [-0.39, 0.29) is 29.5 Å². The molecule has 0 spiro atoms. The highest BCUT2D eigenvalue weighted by molar-refractivity contribution is 5.95. The van der Waals surface area contributed by atoms with Gasteiger partial charge >= 0.3 is 5.97 Å². The van der Waals surface area contributed by atoms with Crippen LogP contribution in [0, 0.1) is 0 Å². The van der Waals surface area contributed by atoms with Crippen molar-refractivity contribution in [3.63, 3.8) is 0 Å². The molecule has 0 heterocycles. The monoisotopic (exact) mass is 363 g/mol. The Bertz CT molecular complexity index is 978. The van der Waals surface area contributed by atoms with Crippen LogP contribution in [-0.2, 0) is 6.54 Å². The first-order valence-corrected chi connectivity index (χ1v) is 8.17. The van der Waals surface area contributed by atoms with E-state index in [9.17, 15) is 19.8 Å². The molecule has 0 aliphatic heterocycles. The molecule has 27 heavy (non-hydrogen) atoms. The Morgan fingerprint density at radius 1 is 0.815 bits per heavy atom. The first-order valence-electron chi connectivity index (χ1n) is 8.17. The Hall–Kier alpha value is -3.80. The molecule has 3 aromatic rings. The van der Waals surface area contributed by atoms with Crippen LogP contribution in [0.15, 0.2) is 66.7 Å². The van der Waals surface area contributed by atoms with Crippen LogP contribution in [0.2, 0.25) is 0 Å². The number of phenols is 2. The largest absolute Gasteiger partial charge is 0.508 e. The summed E-state index contributed by atoms with van der Waals surface area (Å²) in [5, 5.41) is 30.6. The number of carboxylic acid groups (broad SMARTS) is 1. The minimum atomic E-state index is -1.23. The van der Waals surface area contributed by atoms with Gasteiger partial charge in [-0.25, -0.2) is 4.79 Å². The zero-order chi connectivity index (χ0) is 19.4. The molecule has 0 aromatic heterocycles. The summed E-state index contributed by atoms with van der Waals surface area (Å²) < 4.78 is 0. The molecule has 136 valence electrons. The number of rotatable bonds is 5. The smallest absolute Gasteiger partial charge is 0.339 e.